The highest BCUT2D eigenvalue weighted by atomic mass is 79.9. The maximum Gasteiger partial charge on any atom is 0.422 e. The Kier molecular flexibility index (Phi) is 3.17. The second-order valence-electron chi connectivity index (χ2n) is 2.56. The maximum atomic E-state index is 12.3. The first-order chi connectivity index (χ1) is 6.75. The van der Waals surface area contributed by atoms with Crippen LogP contribution in [0.3, 0.4) is 0 Å². The first-order valence-electron chi connectivity index (χ1n) is 3.51. The van der Waals surface area contributed by atoms with Crippen molar-refractivity contribution < 1.29 is 22.0 Å². The summed E-state index contributed by atoms with van der Waals surface area (Å²) in [4.78, 5) is 12.4. The number of hydrogen-bond acceptors (Lipinski definition) is 1. The van der Waals surface area contributed by atoms with Crippen LogP contribution >= 0.6 is 15.9 Å². The standard InChI is InChI=1S/C7H3BrF5NO/c8-4-2(5(9)10)1-14-6(15)3(4)7(11,12)13/h1,5H,(H,14,15). The van der Waals surface area contributed by atoms with Gasteiger partial charge < -0.3 is 4.98 Å². The van der Waals surface area contributed by atoms with Crippen LogP contribution in [-0.2, 0) is 6.18 Å². The first kappa shape index (κ1) is 12.2. The monoisotopic (exact) mass is 291 g/mol. The molecule has 0 saturated carbocycles. The molecule has 1 heterocycles. The average molecular weight is 292 g/mol. The van der Waals surface area contributed by atoms with Crippen molar-refractivity contribution in [1.29, 1.82) is 0 Å². The lowest BCUT2D eigenvalue weighted by molar-refractivity contribution is -0.139. The SMILES string of the molecule is O=c1[nH]cc(C(F)F)c(Br)c1C(F)(F)F. The molecule has 0 saturated heterocycles. The normalized spacial score (nSPS) is 12.2. The molecule has 0 aromatic carbocycles. The number of aromatic amines is 1. The number of nitrogens with one attached hydrogen (secondary N) is 1. The zero-order chi connectivity index (χ0) is 11.8. The van der Waals surface area contributed by atoms with Crippen LogP contribution in [0.4, 0.5) is 22.0 Å². The summed E-state index contributed by atoms with van der Waals surface area (Å²) in [5.41, 5.74) is -4.01. The van der Waals surface area contributed by atoms with Gasteiger partial charge in [0.25, 0.3) is 12.0 Å². The van der Waals surface area contributed by atoms with E-state index in [1.54, 1.807) is 4.98 Å². The van der Waals surface area contributed by atoms with Gasteiger partial charge >= 0.3 is 6.18 Å². The molecule has 15 heavy (non-hydrogen) atoms. The summed E-state index contributed by atoms with van der Waals surface area (Å²) in [5.74, 6) is 0. The fraction of sp³-hybridized carbons (Fsp3) is 0.286. The van der Waals surface area contributed by atoms with Gasteiger partial charge in [0.2, 0.25) is 0 Å². The number of H-pyrrole nitrogens is 1. The molecule has 1 aromatic heterocycles. The van der Waals surface area contributed by atoms with E-state index in [1.807, 2.05) is 0 Å². The zero-order valence-electron chi connectivity index (χ0n) is 6.83. The number of rotatable bonds is 1. The molecule has 0 aliphatic heterocycles. The third-order valence-electron chi connectivity index (χ3n) is 1.58. The highest BCUT2D eigenvalue weighted by Crippen LogP contribution is 2.36. The Morgan fingerprint density at radius 3 is 2.27 bits per heavy atom. The van der Waals surface area contributed by atoms with Crippen LogP contribution in [0.5, 0.6) is 0 Å². The van der Waals surface area contributed by atoms with Gasteiger partial charge in [0.15, 0.2) is 0 Å². The van der Waals surface area contributed by atoms with Gasteiger partial charge in [0, 0.05) is 16.2 Å². The molecule has 1 rings (SSSR count). The highest BCUT2D eigenvalue weighted by Gasteiger charge is 2.38. The molecule has 84 valence electrons. The summed E-state index contributed by atoms with van der Waals surface area (Å²) in [6, 6.07) is 0. The second kappa shape index (κ2) is 3.92. The molecule has 1 aromatic rings. The Morgan fingerprint density at radius 1 is 1.33 bits per heavy atom. The third kappa shape index (κ3) is 2.36. The minimum absolute atomic E-state index is 0.548. The Balaban J connectivity index is 3.51. The van der Waals surface area contributed by atoms with Crippen molar-refractivity contribution >= 4 is 15.9 Å². The van der Waals surface area contributed by atoms with E-state index in [9.17, 15) is 26.7 Å². The summed E-state index contributed by atoms with van der Waals surface area (Å²) in [5, 5.41) is 0. The van der Waals surface area contributed by atoms with Crippen LogP contribution in [0.2, 0.25) is 0 Å². The smallest absolute Gasteiger partial charge is 0.328 e. The number of halogens is 6. The maximum absolute atomic E-state index is 12.3. The minimum Gasteiger partial charge on any atom is -0.328 e. The van der Waals surface area contributed by atoms with E-state index in [-0.39, 0.29) is 0 Å². The van der Waals surface area contributed by atoms with E-state index < -0.39 is 33.8 Å². The van der Waals surface area contributed by atoms with Gasteiger partial charge in [0.1, 0.15) is 5.56 Å². The largest absolute Gasteiger partial charge is 0.422 e. The van der Waals surface area contributed by atoms with E-state index in [0.29, 0.717) is 6.20 Å². The molecule has 0 amide bonds. The van der Waals surface area contributed by atoms with Gasteiger partial charge in [-0.3, -0.25) is 4.79 Å². The van der Waals surface area contributed by atoms with Crippen molar-refractivity contribution in [3.8, 4) is 0 Å². The fourth-order valence-electron chi connectivity index (χ4n) is 0.935. The van der Waals surface area contributed by atoms with Gasteiger partial charge in [0.05, 0.1) is 0 Å². The van der Waals surface area contributed by atoms with Crippen LogP contribution in [0.1, 0.15) is 17.6 Å². The number of alkyl halides is 5. The minimum atomic E-state index is -4.97. The van der Waals surface area contributed by atoms with Gasteiger partial charge in [-0.1, -0.05) is 0 Å². The quantitative estimate of drug-likeness (QED) is 0.793. The van der Waals surface area contributed by atoms with Crippen LogP contribution in [-0.4, -0.2) is 4.98 Å². The van der Waals surface area contributed by atoms with Crippen LogP contribution in [0, 0.1) is 0 Å². The van der Waals surface area contributed by atoms with Crippen LogP contribution in [0.15, 0.2) is 15.5 Å². The lowest BCUT2D eigenvalue weighted by atomic mass is 10.2. The van der Waals surface area contributed by atoms with Gasteiger partial charge in [-0.15, -0.1) is 0 Å². The molecule has 0 aliphatic rings. The first-order valence-corrected chi connectivity index (χ1v) is 4.31. The van der Waals surface area contributed by atoms with E-state index in [1.165, 1.54) is 0 Å². The van der Waals surface area contributed by atoms with Crippen LogP contribution in [0.25, 0.3) is 0 Å². The lowest BCUT2D eigenvalue weighted by Gasteiger charge is -2.10. The average Bonchev–Trinajstić information content (AvgIpc) is 2.00. The summed E-state index contributed by atoms with van der Waals surface area (Å²) in [6.07, 6.45) is -7.53. The molecule has 0 bridgehead atoms. The molecule has 0 fully saturated rings. The molecule has 0 aliphatic carbocycles. The van der Waals surface area contributed by atoms with E-state index in [4.69, 9.17) is 0 Å². The lowest BCUT2D eigenvalue weighted by Crippen LogP contribution is -2.23. The van der Waals surface area contributed by atoms with E-state index >= 15 is 0 Å². The van der Waals surface area contributed by atoms with Crippen molar-refractivity contribution in [3.63, 3.8) is 0 Å². The molecule has 0 radical (unpaired) electrons. The second-order valence-corrected chi connectivity index (χ2v) is 3.35. The molecule has 0 spiro atoms. The van der Waals surface area contributed by atoms with E-state index in [0.717, 1.165) is 0 Å². The zero-order valence-corrected chi connectivity index (χ0v) is 8.42. The molecular formula is C7H3BrF5NO. The van der Waals surface area contributed by atoms with Crippen molar-refractivity contribution in [2.75, 3.05) is 0 Å². The number of pyridine rings is 1. The molecule has 2 nitrogen and oxygen atoms in total. The predicted octanol–water partition coefficient (Wildman–Crippen LogP) is 3.09. The Labute approximate surface area is 88.2 Å². The Morgan fingerprint density at radius 2 is 1.87 bits per heavy atom. The molecule has 0 atom stereocenters. The molecular weight excluding hydrogens is 289 g/mol. The van der Waals surface area contributed by atoms with Crippen LogP contribution < -0.4 is 5.56 Å². The van der Waals surface area contributed by atoms with Gasteiger partial charge in [-0.2, -0.15) is 13.2 Å². The molecule has 1 N–H and O–H groups in total. The Hall–Kier alpha value is -0.920. The van der Waals surface area contributed by atoms with E-state index in [2.05, 4.69) is 15.9 Å². The number of hydrogen-bond donors (Lipinski definition) is 1. The summed E-state index contributed by atoms with van der Waals surface area (Å²) < 4.78 is 60.3. The predicted molar refractivity (Wildman–Crippen MR) is 44.7 cm³/mol. The summed E-state index contributed by atoms with van der Waals surface area (Å²) in [6.45, 7) is 0. The highest BCUT2D eigenvalue weighted by molar-refractivity contribution is 9.10. The van der Waals surface area contributed by atoms with Crippen molar-refractivity contribution in [1.82, 2.24) is 4.98 Å². The third-order valence-corrected chi connectivity index (χ3v) is 2.43. The van der Waals surface area contributed by atoms with Crippen molar-refractivity contribution in [3.05, 3.63) is 32.2 Å². The van der Waals surface area contributed by atoms with Gasteiger partial charge in [-0.05, 0) is 15.9 Å². The Bertz CT molecular complexity index is 424. The molecule has 0 unspecified atom stereocenters. The van der Waals surface area contributed by atoms with Crippen molar-refractivity contribution in [2.45, 2.75) is 12.6 Å². The number of aromatic nitrogens is 1. The van der Waals surface area contributed by atoms with Gasteiger partial charge in [-0.25, -0.2) is 8.78 Å². The summed E-state index contributed by atoms with van der Waals surface area (Å²) >= 11 is 2.35. The summed E-state index contributed by atoms with van der Waals surface area (Å²) in [7, 11) is 0. The fourth-order valence-corrected chi connectivity index (χ4v) is 1.63. The molecule has 8 heteroatoms. The topological polar surface area (TPSA) is 32.9 Å². The van der Waals surface area contributed by atoms with Crippen molar-refractivity contribution in [2.24, 2.45) is 0 Å².